The maximum atomic E-state index is 13.4. The highest BCUT2D eigenvalue weighted by molar-refractivity contribution is 5.87. The van der Waals surface area contributed by atoms with Gasteiger partial charge < -0.3 is 15.3 Å². The van der Waals surface area contributed by atoms with E-state index in [1.54, 1.807) is 6.92 Å². The lowest BCUT2D eigenvalue weighted by Gasteiger charge is -2.69. The van der Waals surface area contributed by atoms with Gasteiger partial charge in [0, 0.05) is 18.3 Å². The van der Waals surface area contributed by atoms with Gasteiger partial charge in [0.1, 0.15) is 5.78 Å². The molecule has 2 unspecified atom stereocenters. The molecule has 0 aromatic rings. The van der Waals surface area contributed by atoms with Crippen molar-refractivity contribution >= 4 is 11.8 Å². The third-order valence-corrected chi connectivity index (χ3v) is 12.1. The fourth-order valence-corrected chi connectivity index (χ4v) is 9.68. The summed E-state index contributed by atoms with van der Waals surface area (Å²) in [5, 5.41) is 30.9. The summed E-state index contributed by atoms with van der Waals surface area (Å²) in [6.45, 7) is 15.1. The van der Waals surface area contributed by atoms with E-state index in [1.165, 1.54) is 5.57 Å². The average molecular weight is 489 g/mol. The number of carbonyl (C=O) groups excluding carboxylic acids is 1. The number of ketones is 1. The predicted octanol–water partition coefficient (Wildman–Crippen LogP) is 5.78. The summed E-state index contributed by atoms with van der Waals surface area (Å²) in [6.07, 6.45) is 9.13. The topological polar surface area (TPSA) is 94.8 Å². The van der Waals surface area contributed by atoms with Gasteiger partial charge in [0.25, 0.3) is 0 Å². The Bertz CT molecular complexity index is 933. The minimum Gasteiger partial charge on any atom is -0.481 e. The van der Waals surface area contributed by atoms with Crippen molar-refractivity contribution in [3.63, 3.8) is 0 Å². The molecule has 0 amide bonds. The Balaban J connectivity index is 1.82. The largest absolute Gasteiger partial charge is 0.481 e. The molecule has 8 atom stereocenters. The maximum absolute atomic E-state index is 13.4. The molecule has 3 saturated carbocycles. The Hall–Kier alpha value is -1.20. The lowest BCUT2D eigenvalue weighted by atomic mass is 9.35. The van der Waals surface area contributed by atoms with Gasteiger partial charge in [0.15, 0.2) is 0 Å². The van der Waals surface area contributed by atoms with Gasteiger partial charge in [0.05, 0.1) is 12.2 Å². The van der Waals surface area contributed by atoms with Crippen LogP contribution in [0.15, 0.2) is 11.6 Å². The maximum Gasteiger partial charge on any atom is 0.303 e. The summed E-state index contributed by atoms with van der Waals surface area (Å²) in [6, 6.07) is 0. The first-order valence-corrected chi connectivity index (χ1v) is 13.8. The number of aliphatic hydroxyl groups is 2. The number of hydrogen-bond acceptors (Lipinski definition) is 4. The molecule has 0 aromatic carbocycles. The number of carboxylic acids is 1. The van der Waals surface area contributed by atoms with Crippen molar-refractivity contribution in [3.05, 3.63) is 11.6 Å². The Labute approximate surface area is 211 Å². The van der Waals surface area contributed by atoms with Crippen LogP contribution >= 0.6 is 0 Å². The number of aliphatic carboxylic acids is 1. The molecule has 0 saturated heterocycles. The highest BCUT2D eigenvalue weighted by Crippen LogP contribution is 2.73. The standard InChI is InChI=1S/C30H48O5/c1-25(2)16-20-19-8-9-21-27(4,12-11-24(33)34)22(30(7,35)18-31)10-13-29(21,6)28(19,5)15-14-26(20,3)23(32)17-25/h8,20-22,31,35H,9-18H2,1-7H3,(H,33,34)/t20-,21-,22?,26-,27-,28-,29-,30?/m1/s1. The van der Waals surface area contributed by atoms with Crippen molar-refractivity contribution in [3.8, 4) is 0 Å². The lowest BCUT2D eigenvalue weighted by Crippen LogP contribution is -2.64. The number of hydrogen-bond donors (Lipinski definition) is 3. The van der Waals surface area contributed by atoms with Gasteiger partial charge in [0.2, 0.25) is 0 Å². The molecule has 5 nitrogen and oxygen atoms in total. The predicted molar refractivity (Wildman–Crippen MR) is 137 cm³/mol. The molecule has 35 heavy (non-hydrogen) atoms. The summed E-state index contributed by atoms with van der Waals surface area (Å²) in [4.78, 5) is 25.1. The van der Waals surface area contributed by atoms with Crippen molar-refractivity contribution in [2.24, 2.45) is 44.8 Å². The van der Waals surface area contributed by atoms with E-state index in [-0.39, 0.29) is 52.4 Å². The molecule has 0 spiro atoms. The summed E-state index contributed by atoms with van der Waals surface area (Å²) < 4.78 is 0. The van der Waals surface area contributed by atoms with E-state index in [0.29, 0.717) is 18.6 Å². The van der Waals surface area contributed by atoms with Gasteiger partial charge in [-0.2, -0.15) is 0 Å². The first-order chi connectivity index (χ1) is 16.0. The fraction of sp³-hybridized carbons (Fsp3) is 0.867. The Morgan fingerprint density at radius 3 is 2.37 bits per heavy atom. The average Bonchev–Trinajstić information content (AvgIpc) is 2.74. The van der Waals surface area contributed by atoms with Crippen LogP contribution in [0, 0.1) is 44.8 Å². The molecule has 0 bridgehead atoms. The molecule has 0 aromatic heterocycles. The summed E-state index contributed by atoms with van der Waals surface area (Å²) in [7, 11) is 0. The van der Waals surface area contributed by atoms with E-state index in [2.05, 4.69) is 47.6 Å². The summed E-state index contributed by atoms with van der Waals surface area (Å²) >= 11 is 0. The van der Waals surface area contributed by atoms with Crippen molar-refractivity contribution in [2.75, 3.05) is 6.61 Å². The second kappa shape index (κ2) is 8.15. The highest BCUT2D eigenvalue weighted by Gasteiger charge is 2.67. The number of Topliss-reactive ketones (excluding diaryl/α,β-unsaturated/α-hetero) is 1. The number of allylic oxidation sites excluding steroid dienone is 2. The van der Waals surface area contributed by atoms with Crippen LogP contribution in [0.5, 0.6) is 0 Å². The van der Waals surface area contributed by atoms with Crippen molar-refractivity contribution < 1.29 is 24.9 Å². The van der Waals surface area contributed by atoms with E-state index in [9.17, 15) is 24.9 Å². The molecule has 3 N–H and O–H groups in total. The normalized spacial score (nSPS) is 46.5. The molecule has 0 heterocycles. The number of fused-ring (bicyclic) bond motifs is 5. The van der Waals surface area contributed by atoms with Crippen molar-refractivity contribution in [1.82, 2.24) is 0 Å². The molecular formula is C30H48O5. The third kappa shape index (κ3) is 3.77. The summed E-state index contributed by atoms with van der Waals surface area (Å²) in [5.74, 6) is -0.0890. The van der Waals surface area contributed by atoms with Crippen LogP contribution < -0.4 is 0 Å². The minimum atomic E-state index is -1.25. The van der Waals surface area contributed by atoms with Crippen molar-refractivity contribution in [2.45, 2.75) is 112 Å². The van der Waals surface area contributed by atoms with Crippen LogP contribution in [0.1, 0.15) is 106 Å². The zero-order valence-electron chi connectivity index (χ0n) is 23.0. The van der Waals surface area contributed by atoms with Crippen LogP contribution in [-0.4, -0.2) is 39.3 Å². The van der Waals surface area contributed by atoms with E-state index in [0.717, 1.165) is 38.5 Å². The van der Waals surface area contributed by atoms with Gasteiger partial charge in [-0.1, -0.05) is 53.2 Å². The number of rotatable bonds is 5. The van der Waals surface area contributed by atoms with Crippen LogP contribution in [0.3, 0.4) is 0 Å². The first-order valence-electron chi connectivity index (χ1n) is 13.8. The highest BCUT2D eigenvalue weighted by atomic mass is 16.4. The second-order valence-electron chi connectivity index (χ2n) is 14.6. The van der Waals surface area contributed by atoms with Gasteiger partial charge in [-0.25, -0.2) is 0 Å². The van der Waals surface area contributed by atoms with E-state index < -0.39 is 17.0 Å². The molecule has 0 aliphatic heterocycles. The molecule has 4 aliphatic rings. The fourth-order valence-electron chi connectivity index (χ4n) is 9.68. The lowest BCUT2D eigenvalue weighted by molar-refractivity contribution is -0.195. The Kier molecular flexibility index (Phi) is 6.25. The summed E-state index contributed by atoms with van der Waals surface area (Å²) in [5.41, 5.74) is -0.582. The smallest absolute Gasteiger partial charge is 0.303 e. The molecule has 3 fully saturated rings. The molecule has 4 aliphatic carbocycles. The first kappa shape index (κ1) is 26.9. The SMILES string of the molecule is CC1(C)CC(=O)[C@]2(C)CC[C@]3(C)C(=CC[C@@H]4[C@@](C)(CCC(=O)O)C(C(C)(O)CO)CC[C@]43C)[C@H]2C1. The van der Waals surface area contributed by atoms with Crippen LogP contribution in [0.2, 0.25) is 0 Å². The Morgan fingerprint density at radius 1 is 1.11 bits per heavy atom. The molecular weight excluding hydrogens is 440 g/mol. The van der Waals surface area contributed by atoms with Crippen LogP contribution in [0.4, 0.5) is 0 Å². The van der Waals surface area contributed by atoms with E-state index in [1.807, 2.05) is 0 Å². The van der Waals surface area contributed by atoms with Crippen LogP contribution in [-0.2, 0) is 9.59 Å². The van der Waals surface area contributed by atoms with E-state index >= 15 is 0 Å². The molecule has 198 valence electrons. The monoisotopic (exact) mass is 488 g/mol. The Morgan fingerprint density at radius 2 is 1.77 bits per heavy atom. The zero-order chi connectivity index (χ0) is 26.2. The molecule has 0 radical (unpaired) electrons. The van der Waals surface area contributed by atoms with Gasteiger partial charge >= 0.3 is 5.97 Å². The number of carbonyl (C=O) groups is 2. The second-order valence-corrected chi connectivity index (χ2v) is 14.6. The van der Waals surface area contributed by atoms with Gasteiger partial charge in [-0.3, -0.25) is 9.59 Å². The van der Waals surface area contributed by atoms with Crippen molar-refractivity contribution in [1.29, 1.82) is 0 Å². The number of carboxylic acid groups (broad SMARTS) is 1. The molecule has 5 heteroatoms. The van der Waals surface area contributed by atoms with E-state index in [4.69, 9.17) is 0 Å². The number of aliphatic hydroxyl groups excluding tert-OH is 1. The van der Waals surface area contributed by atoms with Gasteiger partial charge in [-0.05, 0) is 91.3 Å². The molecule has 4 rings (SSSR count). The minimum absolute atomic E-state index is 0.00555. The zero-order valence-corrected chi connectivity index (χ0v) is 23.0. The quantitative estimate of drug-likeness (QED) is 0.427. The van der Waals surface area contributed by atoms with Gasteiger partial charge in [-0.15, -0.1) is 0 Å². The van der Waals surface area contributed by atoms with Crippen LogP contribution in [0.25, 0.3) is 0 Å². The third-order valence-electron chi connectivity index (χ3n) is 12.1.